The SMILES string of the molecule is CCN(CC)CCN(C(=O)c1cc(OC)nc(OC)n1)c1nc2c(F)cccc2s1. The molecule has 0 unspecified atom stereocenters. The van der Waals surface area contributed by atoms with Crippen molar-refractivity contribution in [1.82, 2.24) is 19.9 Å². The second kappa shape index (κ2) is 9.77. The number of methoxy groups -OCH3 is 2. The fraction of sp³-hybridized carbons (Fsp3) is 0.400. The fourth-order valence-electron chi connectivity index (χ4n) is 2.93. The van der Waals surface area contributed by atoms with Crippen LogP contribution in [0, 0.1) is 5.82 Å². The molecule has 30 heavy (non-hydrogen) atoms. The van der Waals surface area contributed by atoms with Gasteiger partial charge in [-0.05, 0) is 25.2 Å². The third-order valence-electron chi connectivity index (χ3n) is 4.66. The maximum Gasteiger partial charge on any atom is 0.320 e. The molecule has 0 aliphatic carbocycles. The van der Waals surface area contributed by atoms with Crippen molar-refractivity contribution in [1.29, 1.82) is 0 Å². The number of rotatable bonds is 9. The predicted molar refractivity (Wildman–Crippen MR) is 114 cm³/mol. The van der Waals surface area contributed by atoms with Gasteiger partial charge in [0.15, 0.2) is 5.13 Å². The summed E-state index contributed by atoms with van der Waals surface area (Å²) in [6.07, 6.45) is 0. The smallest absolute Gasteiger partial charge is 0.320 e. The van der Waals surface area contributed by atoms with Crippen LogP contribution in [0.3, 0.4) is 0 Å². The van der Waals surface area contributed by atoms with Crippen molar-refractivity contribution >= 4 is 32.6 Å². The molecule has 0 fully saturated rings. The number of anilines is 1. The van der Waals surface area contributed by atoms with Gasteiger partial charge in [0.25, 0.3) is 5.91 Å². The van der Waals surface area contributed by atoms with Crippen LogP contribution in [-0.4, -0.2) is 66.2 Å². The zero-order chi connectivity index (χ0) is 21.7. The summed E-state index contributed by atoms with van der Waals surface area (Å²) in [7, 11) is 2.86. The number of carbonyl (C=O) groups is 1. The van der Waals surface area contributed by atoms with E-state index < -0.39 is 5.82 Å². The molecule has 0 atom stereocenters. The maximum absolute atomic E-state index is 14.2. The highest BCUT2D eigenvalue weighted by Crippen LogP contribution is 2.31. The van der Waals surface area contributed by atoms with E-state index in [1.165, 1.54) is 42.6 Å². The summed E-state index contributed by atoms with van der Waals surface area (Å²) >= 11 is 1.26. The number of nitrogens with zero attached hydrogens (tertiary/aromatic N) is 5. The summed E-state index contributed by atoms with van der Waals surface area (Å²) in [5.74, 6) is -0.596. The van der Waals surface area contributed by atoms with Crippen molar-refractivity contribution in [2.75, 3.05) is 45.3 Å². The van der Waals surface area contributed by atoms with E-state index in [0.717, 1.165) is 13.1 Å². The number of hydrogen-bond acceptors (Lipinski definition) is 8. The van der Waals surface area contributed by atoms with Gasteiger partial charge in [0, 0.05) is 19.2 Å². The Morgan fingerprint density at radius 2 is 1.87 bits per heavy atom. The Bertz CT molecular complexity index is 1000. The molecule has 8 nitrogen and oxygen atoms in total. The Kier molecular flexibility index (Phi) is 7.11. The topological polar surface area (TPSA) is 80.7 Å². The van der Waals surface area contributed by atoms with E-state index in [-0.39, 0.29) is 29.0 Å². The van der Waals surface area contributed by atoms with Gasteiger partial charge in [0.05, 0.1) is 18.9 Å². The quantitative estimate of drug-likeness (QED) is 0.512. The van der Waals surface area contributed by atoms with Gasteiger partial charge in [-0.25, -0.2) is 9.37 Å². The number of carbonyl (C=O) groups excluding carboxylic acids is 1. The molecule has 0 N–H and O–H groups in total. The highest BCUT2D eigenvalue weighted by Gasteiger charge is 2.25. The van der Waals surface area contributed by atoms with Gasteiger partial charge in [-0.2, -0.15) is 9.97 Å². The van der Waals surface area contributed by atoms with E-state index in [9.17, 15) is 9.18 Å². The van der Waals surface area contributed by atoms with Gasteiger partial charge in [-0.1, -0.05) is 31.3 Å². The largest absolute Gasteiger partial charge is 0.481 e. The number of ether oxygens (including phenoxy) is 2. The summed E-state index contributed by atoms with van der Waals surface area (Å²) < 4.78 is 25.1. The van der Waals surface area contributed by atoms with Gasteiger partial charge in [-0.15, -0.1) is 0 Å². The van der Waals surface area contributed by atoms with Gasteiger partial charge in [-0.3, -0.25) is 9.69 Å². The van der Waals surface area contributed by atoms with Crippen LogP contribution in [0.15, 0.2) is 24.3 Å². The minimum absolute atomic E-state index is 0.0248. The molecule has 2 aromatic heterocycles. The molecule has 0 radical (unpaired) electrons. The molecule has 1 amide bonds. The average molecular weight is 434 g/mol. The molecule has 3 aromatic rings. The van der Waals surface area contributed by atoms with E-state index >= 15 is 0 Å². The average Bonchev–Trinajstić information content (AvgIpc) is 3.21. The molecule has 10 heteroatoms. The molecule has 0 spiro atoms. The van der Waals surface area contributed by atoms with E-state index in [1.54, 1.807) is 12.1 Å². The number of thiazole rings is 1. The highest BCUT2D eigenvalue weighted by molar-refractivity contribution is 7.22. The Balaban J connectivity index is 2.02. The van der Waals surface area contributed by atoms with E-state index in [1.807, 2.05) is 0 Å². The van der Waals surface area contributed by atoms with Crippen molar-refractivity contribution in [3.05, 3.63) is 35.8 Å². The van der Waals surface area contributed by atoms with Crippen LogP contribution in [-0.2, 0) is 0 Å². The monoisotopic (exact) mass is 433 g/mol. The first-order chi connectivity index (χ1) is 14.5. The summed E-state index contributed by atoms with van der Waals surface area (Å²) in [5.41, 5.74) is 0.356. The van der Waals surface area contributed by atoms with Crippen molar-refractivity contribution < 1.29 is 18.7 Å². The number of halogens is 1. The number of aromatic nitrogens is 3. The first kappa shape index (κ1) is 21.8. The van der Waals surface area contributed by atoms with Crippen LogP contribution in [0.1, 0.15) is 24.3 Å². The second-order valence-corrected chi connectivity index (χ2v) is 7.36. The summed E-state index contributed by atoms with van der Waals surface area (Å²) in [5, 5.41) is 0.406. The summed E-state index contributed by atoms with van der Waals surface area (Å²) in [6, 6.07) is 6.24. The Morgan fingerprint density at radius 1 is 1.10 bits per heavy atom. The molecule has 3 rings (SSSR count). The van der Waals surface area contributed by atoms with Gasteiger partial charge >= 0.3 is 6.01 Å². The van der Waals surface area contributed by atoms with Crippen LogP contribution in [0.25, 0.3) is 10.2 Å². The minimum Gasteiger partial charge on any atom is -0.481 e. The molecular formula is C20H24FN5O3S. The van der Waals surface area contributed by atoms with Crippen molar-refractivity contribution in [2.24, 2.45) is 0 Å². The molecule has 2 heterocycles. The molecular weight excluding hydrogens is 409 g/mol. The first-order valence-electron chi connectivity index (χ1n) is 9.57. The number of fused-ring (bicyclic) bond motifs is 1. The number of amides is 1. The molecule has 1 aromatic carbocycles. The maximum atomic E-state index is 14.2. The number of benzene rings is 1. The molecule has 0 saturated carbocycles. The van der Waals surface area contributed by atoms with Crippen LogP contribution in [0.2, 0.25) is 0 Å². The lowest BCUT2D eigenvalue weighted by atomic mass is 10.3. The molecule has 160 valence electrons. The first-order valence-corrected chi connectivity index (χ1v) is 10.4. The number of likely N-dealkylation sites (N-methyl/N-ethyl adjacent to an activating group) is 1. The van der Waals surface area contributed by atoms with Crippen LogP contribution in [0.5, 0.6) is 11.9 Å². The zero-order valence-electron chi connectivity index (χ0n) is 17.4. The Hall–Kier alpha value is -2.85. The van der Waals surface area contributed by atoms with E-state index in [4.69, 9.17) is 9.47 Å². The zero-order valence-corrected chi connectivity index (χ0v) is 18.2. The van der Waals surface area contributed by atoms with Gasteiger partial charge < -0.3 is 14.4 Å². The molecule has 0 aliphatic rings. The normalized spacial score (nSPS) is 11.1. The third-order valence-corrected chi connectivity index (χ3v) is 5.71. The highest BCUT2D eigenvalue weighted by atomic mass is 32.1. The molecule has 0 aliphatic heterocycles. The van der Waals surface area contributed by atoms with Crippen molar-refractivity contribution in [3.8, 4) is 11.9 Å². The Morgan fingerprint density at radius 3 is 2.50 bits per heavy atom. The second-order valence-electron chi connectivity index (χ2n) is 6.35. The lowest BCUT2D eigenvalue weighted by molar-refractivity contribution is 0.0977. The van der Waals surface area contributed by atoms with E-state index in [2.05, 4.69) is 33.7 Å². The minimum atomic E-state index is -0.420. The van der Waals surface area contributed by atoms with Crippen LogP contribution < -0.4 is 14.4 Å². The third kappa shape index (κ3) is 4.65. The van der Waals surface area contributed by atoms with Crippen LogP contribution in [0.4, 0.5) is 9.52 Å². The number of hydrogen-bond donors (Lipinski definition) is 0. The molecule has 0 bridgehead atoms. The summed E-state index contributed by atoms with van der Waals surface area (Å²) in [6.45, 7) is 6.82. The van der Waals surface area contributed by atoms with Crippen molar-refractivity contribution in [3.63, 3.8) is 0 Å². The predicted octanol–water partition coefficient (Wildman–Crippen LogP) is 3.23. The van der Waals surface area contributed by atoms with E-state index in [0.29, 0.717) is 22.9 Å². The number of para-hydroxylation sites is 1. The summed E-state index contributed by atoms with van der Waals surface area (Å²) in [4.78, 5) is 29.7. The lowest BCUT2D eigenvalue weighted by Crippen LogP contribution is -2.39. The van der Waals surface area contributed by atoms with Gasteiger partial charge in [0.2, 0.25) is 5.88 Å². The Labute approximate surface area is 178 Å². The van der Waals surface area contributed by atoms with Crippen molar-refractivity contribution in [2.45, 2.75) is 13.8 Å². The van der Waals surface area contributed by atoms with Crippen LogP contribution >= 0.6 is 11.3 Å². The molecule has 0 saturated heterocycles. The fourth-order valence-corrected chi connectivity index (χ4v) is 3.94. The lowest BCUT2D eigenvalue weighted by Gasteiger charge is -2.24. The standard InChI is InChI=1S/C20H24FN5O3S/c1-5-25(6-2)10-11-26(20-24-17-13(21)8-7-9-15(17)30-20)18(27)14-12-16(28-3)23-19(22-14)29-4/h7-9,12H,5-6,10-11H2,1-4H3. The van der Waals surface area contributed by atoms with Gasteiger partial charge in [0.1, 0.15) is 17.0 Å².